The second-order valence-electron chi connectivity index (χ2n) is 4.94. The van der Waals surface area contributed by atoms with Crippen molar-refractivity contribution in [2.45, 2.75) is 0 Å². The summed E-state index contributed by atoms with van der Waals surface area (Å²) in [5, 5.41) is 10.9. The Morgan fingerprint density at radius 1 is 1.05 bits per heavy atom. The molecule has 4 rings (SSSR count). The van der Waals surface area contributed by atoms with Gasteiger partial charge in [0.2, 0.25) is 6.79 Å². The number of H-pyrrole nitrogens is 1. The average molecular weight is 272 g/mol. The maximum Gasteiger partial charge on any atom is 0.231 e. The molecule has 0 amide bonds. The molecule has 0 spiro atoms. The summed E-state index contributed by atoms with van der Waals surface area (Å²) in [4.78, 5) is 2.28. The SMILES string of the molecule is c1cc2c(cc1-c1cc(N3CCNCC3)n[nH]1)OCO2. The van der Waals surface area contributed by atoms with Gasteiger partial charge in [-0.15, -0.1) is 0 Å². The number of hydrogen-bond donors (Lipinski definition) is 2. The maximum absolute atomic E-state index is 5.41. The fourth-order valence-corrected chi connectivity index (χ4v) is 2.58. The standard InChI is InChI=1S/C14H16N4O2/c1-2-12-13(20-9-19-12)7-10(1)11-8-14(17-16-11)18-5-3-15-4-6-18/h1-2,7-8,15H,3-6,9H2,(H,16,17). The molecule has 1 saturated heterocycles. The van der Waals surface area contributed by atoms with Gasteiger partial charge in [0, 0.05) is 37.8 Å². The summed E-state index contributed by atoms with van der Waals surface area (Å²) in [6, 6.07) is 8.02. The van der Waals surface area contributed by atoms with Crippen molar-refractivity contribution in [2.75, 3.05) is 37.9 Å². The minimum absolute atomic E-state index is 0.299. The molecule has 2 aliphatic rings. The van der Waals surface area contributed by atoms with E-state index >= 15 is 0 Å². The van der Waals surface area contributed by atoms with Crippen LogP contribution in [0.25, 0.3) is 11.3 Å². The molecule has 0 unspecified atom stereocenters. The Bertz CT molecular complexity index is 619. The molecule has 6 nitrogen and oxygen atoms in total. The monoisotopic (exact) mass is 272 g/mol. The number of anilines is 1. The summed E-state index contributed by atoms with van der Waals surface area (Å²) in [5.74, 6) is 2.59. The van der Waals surface area contributed by atoms with Crippen LogP contribution in [0.15, 0.2) is 24.3 Å². The first-order valence-electron chi connectivity index (χ1n) is 6.81. The van der Waals surface area contributed by atoms with E-state index in [1.807, 2.05) is 18.2 Å². The van der Waals surface area contributed by atoms with Crippen LogP contribution < -0.4 is 19.7 Å². The molecule has 1 aromatic heterocycles. The number of aromatic amines is 1. The van der Waals surface area contributed by atoms with E-state index in [4.69, 9.17) is 9.47 Å². The Kier molecular flexibility index (Phi) is 2.74. The molecular weight excluding hydrogens is 256 g/mol. The summed E-state index contributed by atoms with van der Waals surface area (Å²) >= 11 is 0. The molecule has 2 aromatic rings. The van der Waals surface area contributed by atoms with Crippen LogP contribution >= 0.6 is 0 Å². The Morgan fingerprint density at radius 2 is 1.90 bits per heavy atom. The van der Waals surface area contributed by atoms with Crippen molar-refractivity contribution in [2.24, 2.45) is 0 Å². The van der Waals surface area contributed by atoms with Gasteiger partial charge in [0.05, 0.1) is 5.69 Å². The first kappa shape index (κ1) is 11.6. The van der Waals surface area contributed by atoms with Gasteiger partial charge in [-0.25, -0.2) is 0 Å². The Balaban J connectivity index is 1.61. The lowest BCUT2D eigenvalue weighted by atomic mass is 10.1. The predicted molar refractivity (Wildman–Crippen MR) is 75.2 cm³/mol. The molecular formula is C14H16N4O2. The minimum atomic E-state index is 0.299. The number of benzene rings is 1. The van der Waals surface area contributed by atoms with Crippen LogP contribution in [0.4, 0.5) is 5.82 Å². The lowest BCUT2D eigenvalue weighted by molar-refractivity contribution is 0.174. The Labute approximate surface area is 116 Å². The lowest BCUT2D eigenvalue weighted by Gasteiger charge is -2.26. The van der Waals surface area contributed by atoms with Crippen LogP contribution in [0, 0.1) is 0 Å². The third-order valence-electron chi connectivity index (χ3n) is 3.69. The van der Waals surface area contributed by atoms with Crippen LogP contribution in [-0.2, 0) is 0 Å². The zero-order valence-electron chi connectivity index (χ0n) is 11.1. The number of piperazine rings is 1. The van der Waals surface area contributed by atoms with Gasteiger partial charge in [-0.1, -0.05) is 0 Å². The second kappa shape index (κ2) is 4.72. The molecule has 2 N–H and O–H groups in total. The molecule has 0 atom stereocenters. The largest absolute Gasteiger partial charge is 0.454 e. The quantitative estimate of drug-likeness (QED) is 0.860. The molecule has 6 heteroatoms. The van der Waals surface area contributed by atoms with Gasteiger partial charge in [-0.2, -0.15) is 5.10 Å². The summed E-state index contributed by atoms with van der Waals surface area (Å²) in [5.41, 5.74) is 2.06. The van der Waals surface area contributed by atoms with Gasteiger partial charge in [-0.05, 0) is 18.2 Å². The number of aromatic nitrogens is 2. The number of nitrogens with zero attached hydrogens (tertiary/aromatic N) is 2. The van der Waals surface area contributed by atoms with Crippen molar-refractivity contribution < 1.29 is 9.47 Å². The zero-order chi connectivity index (χ0) is 13.4. The van der Waals surface area contributed by atoms with E-state index < -0.39 is 0 Å². The Hall–Kier alpha value is -2.21. The van der Waals surface area contributed by atoms with Crippen LogP contribution in [0.2, 0.25) is 0 Å². The van der Waals surface area contributed by atoms with E-state index in [2.05, 4.69) is 26.5 Å². The van der Waals surface area contributed by atoms with Crippen molar-refractivity contribution in [1.29, 1.82) is 0 Å². The van der Waals surface area contributed by atoms with Crippen molar-refractivity contribution in [1.82, 2.24) is 15.5 Å². The molecule has 0 radical (unpaired) electrons. The highest BCUT2D eigenvalue weighted by Crippen LogP contribution is 2.35. The fraction of sp³-hybridized carbons (Fsp3) is 0.357. The third-order valence-corrected chi connectivity index (χ3v) is 3.69. The van der Waals surface area contributed by atoms with E-state index in [0.29, 0.717) is 6.79 Å². The molecule has 3 heterocycles. The number of ether oxygens (including phenoxy) is 2. The van der Waals surface area contributed by atoms with Crippen LogP contribution in [0.3, 0.4) is 0 Å². The third kappa shape index (κ3) is 1.98. The summed E-state index contributed by atoms with van der Waals surface area (Å²) in [6.07, 6.45) is 0. The summed E-state index contributed by atoms with van der Waals surface area (Å²) in [6.45, 7) is 4.29. The molecule has 1 fully saturated rings. The number of hydrogen-bond acceptors (Lipinski definition) is 5. The molecule has 1 aromatic carbocycles. The van der Waals surface area contributed by atoms with Gasteiger partial charge >= 0.3 is 0 Å². The zero-order valence-corrected chi connectivity index (χ0v) is 11.1. The lowest BCUT2D eigenvalue weighted by Crippen LogP contribution is -2.43. The van der Waals surface area contributed by atoms with Crippen molar-refractivity contribution in [3.63, 3.8) is 0 Å². The van der Waals surface area contributed by atoms with Crippen LogP contribution in [0.1, 0.15) is 0 Å². The number of rotatable bonds is 2. The topological polar surface area (TPSA) is 62.4 Å². The molecule has 104 valence electrons. The van der Waals surface area contributed by atoms with Crippen LogP contribution in [0.5, 0.6) is 11.5 Å². The van der Waals surface area contributed by atoms with Gasteiger partial charge in [0.25, 0.3) is 0 Å². The molecule has 0 bridgehead atoms. The highest BCUT2D eigenvalue weighted by molar-refractivity contribution is 5.67. The van der Waals surface area contributed by atoms with Crippen LogP contribution in [-0.4, -0.2) is 43.2 Å². The Morgan fingerprint density at radius 3 is 2.80 bits per heavy atom. The number of nitrogens with one attached hydrogen (secondary N) is 2. The molecule has 2 aliphatic heterocycles. The van der Waals surface area contributed by atoms with Gasteiger partial charge < -0.3 is 19.7 Å². The highest BCUT2D eigenvalue weighted by atomic mass is 16.7. The van der Waals surface area contributed by atoms with Gasteiger partial charge in [0.1, 0.15) is 0 Å². The van der Waals surface area contributed by atoms with E-state index in [1.54, 1.807) is 0 Å². The van der Waals surface area contributed by atoms with Crippen molar-refractivity contribution in [3.05, 3.63) is 24.3 Å². The van der Waals surface area contributed by atoms with E-state index in [0.717, 1.165) is 54.8 Å². The first-order chi connectivity index (χ1) is 9.90. The molecule has 20 heavy (non-hydrogen) atoms. The fourth-order valence-electron chi connectivity index (χ4n) is 2.58. The molecule has 0 aliphatic carbocycles. The van der Waals surface area contributed by atoms with E-state index in [9.17, 15) is 0 Å². The smallest absolute Gasteiger partial charge is 0.231 e. The van der Waals surface area contributed by atoms with E-state index in [-0.39, 0.29) is 0 Å². The van der Waals surface area contributed by atoms with Crippen molar-refractivity contribution in [3.8, 4) is 22.8 Å². The van der Waals surface area contributed by atoms with E-state index in [1.165, 1.54) is 0 Å². The van der Waals surface area contributed by atoms with Gasteiger partial charge in [0.15, 0.2) is 17.3 Å². The number of fused-ring (bicyclic) bond motifs is 1. The average Bonchev–Trinajstić information content (AvgIpc) is 3.16. The maximum atomic E-state index is 5.41. The normalized spacial score (nSPS) is 17.5. The first-order valence-corrected chi connectivity index (χ1v) is 6.81. The minimum Gasteiger partial charge on any atom is -0.454 e. The molecule has 0 saturated carbocycles. The predicted octanol–water partition coefficient (Wildman–Crippen LogP) is 1.22. The van der Waals surface area contributed by atoms with Gasteiger partial charge in [-0.3, -0.25) is 5.10 Å². The summed E-state index contributed by atoms with van der Waals surface area (Å²) < 4.78 is 10.7. The highest BCUT2D eigenvalue weighted by Gasteiger charge is 2.17. The second-order valence-corrected chi connectivity index (χ2v) is 4.94. The van der Waals surface area contributed by atoms with Crippen molar-refractivity contribution >= 4 is 5.82 Å². The summed E-state index contributed by atoms with van der Waals surface area (Å²) in [7, 11) is 0.